The van der Waals surface area contributed by atoms with E-state index in [2.05, 4.69) is 31.7 Å². The summed E-state index contributed by atoms with van der Waals surface area (Å²) in [6, 6.07) is 11.4. The van der Waals surface area contributed by atoms with E-state index in [1.165, 1.54) is 12.8 Å². The second kappa shape index (κ2) is 5.72. The molecule has 0 atom stereocenters. The minimum absolute atomic E-state index is 0.556. The Bertz CT molecular complexity index is 821. The largest absolute Gasteiger partial charge is 0.367 e. The summed E-state index contributed by atoms with van der Waals surface area (Å²) >= 11 is 0. The Kier molecular flexibility index (Phi) is 3.42. The molecule has 2 aromatic heterocycles. The minimum atomic E-state index is 0.556. The third-order valence-corrected chi connectivity index (χ3v) is 3.80. The number of benzene rings is 1. The number of hydrogen-bond acceptors (Lipinski definition) is 5. The van der Waals surface area contributed by atoms with Gasteiger partial charge in [0.15, 0.2) is 0 Å². The quantitative estimate of drug-likeness (QED) is 0.758. The van der Waals surface area contributed by atoms with E-state index in [0.29, 0.717) is 12.0 Å². The van der Waals surface area contributed by atoms with Gasteiger partial charge in [0.25, 0.3) is 0 Å². The first-order valence-corrected chi connectivity index (χ1v) is 7.65. The fraction of sp³-hybridized carbons (Fsp3) is 0.235. The lowest BCUT2D eigenvalue weighted by atomic mass is 10.2. The van der Waals surface area contributed by atoms with E-state index >= 15 is 0 Å². The highest BCUT2D eigenvalue weighted by Gasteiger charge is 2.21. The molecule has 1 radical (unpaired) electrons. The van der Waals surface area contributed by atoms with E-state index in [4.69, 9.17) is 0 Å². The predicted molar refractivity (Wildman–Crippen MR) is 89.1 cm³/mol. The summed E-state index contributed by atoms with van der Waals surface area (Å²) in [5, 5.41) is 6.72. The van der Waals surface area contributed by atoms with Gasteiger partial charge in [0.1, 0.15) is 18.0 Å². The average molecular weight is 305 g/mol. The van der Waals surface area contributed by atoms with Crippen LogP contribution in [0.2, 0.25) is 0 Å². The number of nitrogens with one attached hydrogen (secondary N) is 2. The van der Waals surface area contributed by atoms with Crippen molar-refractivity contribution in [1.82, 2.24) is 19.5 Å². The van der Waals surface area contributed by atoms with Gasteiger partial charge in [-0.3, -0.25) is 4.57 Å². The number of anilines is 3. The van der Waals surface area contributed by atoms with Crippen LogP contribution in [0, 0.1) is 13.0 Å². The fourth-order valence-corrected chi connectivity index (χ4v) is 2.34. The average Bonchev–Trinajstić information content (AvgIpc) is 3.25. The molecule has 1 aromatic carbocycles. The molecule has 0 saturated heterocycles. The fourth-order valence-electron chi connectivity index (χ4n) is 2.34. The van der Waals surface area contributed by atoms with Crippen molar-refractivity contribution in [3.05, 3.63) is 54.6 Å². The smallest absolute Gasteiger partial charge is 0.213 e. The first-order chi connectivity index (χ1) is 11.3. The Balaban J connectivity index is 1.63. The van der Waals surface area contributed by atoms with Crippen molar-refractivity contribution >= 4 is 17.5 Å². The van der Waals surface area contributed by atoms with Crippen molar-refractivity contribution in [3.63, 3.8) is 0 Å². The maximum atomic E-state index is 4.39. The summed E-state index contributed by atoms with van der Waals surface area (Å²) in [6.45, 7) is 2.05. The normalized spacial score (nSPS) is 13.8. The molecular formula is C17H17N6. The van der Waals surface area contributed by atoms with Crippen molar-refractivity contribution in [3.8, 4) is 5.82 Å². The maximum absolute atomic E-state index is 4.39. The van der Waals surface area contributed by atoms with Gasteiger partial charge in [-0.2, -0.15) is 0 Å². The van der Waals surface area contributed by atoms with Gasteiger partial charge in [0.05, 0.1) is 0 Å². The zero-order valence-corrected chi connectivity index (χ0v) is 12.8. The van der Waals surface area contributed by atoms with Crippen LogP contribution in [0.5, 0.6) is 0 Å². The first-order valence-electron chi connectivity index (χ1n) is 7.65. The summed E-state index contributed by atoms with van der Waals surface area (Å²) in [5.41, 5.74) is 2.11. The van der Waals surface area contributed by atoms with Crippen molar-refractivity contribution in [1.29, 1.82) is 0 Å². The third kappa shape index (κ3) is 3.01. The molecule has 0 bridgehead atoms. The molecule has 0 aliphatic heterocycles. The van der Waals surface area contributed by atoms with Crippen LogP contribution in [-0.2, 0) is 0 Å². The van der Waals surface area contributed by atoms with E-state index in [9.17, 15) is 0 Å². The summed E-state index contributed by atoms with van der Waals surface area (Å²) in [6.07, 6.45) is 7.63. The molecule has 2 N–H and O–H groups in total. The van der Waals surface area contributed by atoms with Gasteiger partial charge in [-0.05, 0) is 37.5 Å². The SMILES string of the molecule is Cc1cc[c]cc1Nc1nccn1-c1cc(NC2CC2)ncn1. The van der Waals surface area contributed by atoms with Crippen LogP contribution >= 0.6 is 0 Å². The second-order valence-electron chi connectivity index (χ2n) is 5.67. The summed E-state index contributed by atoms with van der Waals surface area (Å²) in [4.78, 5) is 13.0. The van der Waals surface area contributed by atoms with Crippen molar-refractivity contribution in [2.75, 3.05) is 10.6 Å². The zero-order valence-electron chi connectivity index (χ0n) is 12.8. The number of imidazole rings is 1. The van der Waals surface area contributed by atoms with Gasteiger partial charge >= 0.3 is 0 Å². The van der Waals surface area contributed by atoms with Gasteiger partial charge < -0.3 is 10.6 Å². The highest BCUT2D eigenvalue weighted by Crippen LogP contribution is 2.25. The highest BCUT2D eigenvalue weighted by atomic mass is 15.2. The van der Waals surface area contributed by atoms with Gasteiger partial charge in [-0.15, -0.1) is 0 Å². The molecule has 23 heavy (non-hydrogen) atoms. The Morgan fingerprint density at radius 2 is 2.17 bits per heavy atom. The number of nitrogens with zero attached hydrogens (tertiary/aromatic N) is 4. The lowest BCUT2D eigenvalue weighted by molar-refractivity contribution is 0.970. The zero-order chi connectivity index (χ0) is 15.6. The molecule has 6 nitrogen and oxygen atoms in total. The van der Waals surface area contributed by atoms with Crippen LogP contribution in [0.25, 0.3) is 5.82 Å². The molecule has 0 spiro atoms. The molecule has 4 rings (SSSR count). The Morgan fingerprint density at radius 3 is 3.00 bits per heavy atom. The predicted octanol–water partition coefficient (Wildman–Crippen LogP) is 3.09. The van der Waals surface area contributed by atoms with Gasteiger partial charge in [-0.1, -0.05) is 12.1 Å². The summed E-state index contributed by atoms with van der Waals surface area (Å²) < 4.78 is 1.91. The van der Waals surface area contributed by atoms with E-state index in [1.54, 1.807) is 12.5 Å². The minimum Gasteiger partial charge on any atom is -0.367 e. The lowest BCUT2D eigenvalue weighted by Crippen LogP contribution is -2.07. The lowest BCUT2D eigenvalue weighted by Gasteiger charge is -2.11. The molecule has 1 saturated carbocycles. The third-order valence-electron chi connectivity index (χ3n) is 3.80. The van der Waals surface area contributed by atoms with Crippen LogP contribution in [-0.4, -0.2) is 25.6 Å². The molecule has 1 fully saturated rings. The van der Waals surface area contributed by atoms with Crippen molar-refractivity contribution in [2.45, 2.75) is 25.8 Å². The summed E-state index contributed by atoms with van der Waals surface area (Å²) in [5.74, 6) is 2.34. The van der Waals surface area contributed by atoms with Crippen LogP contribution < -0.4 is 10.6 Å². The monoisotopic (exact) mass is 305 g/mol. The molecule has 1 aliphatic carbocycles. The first kappa shape index (κ1) is 13.8. The molecule has 6 heteroatoms. The number of aromatic nitrogens is 4. The Hall–Kier alpha value is -2.89. The van der Waals surface area contributed by atoms with E-state index in [1.807, 2.05) is 42.0 Å². The van der Waals surface area contributed by atoms with E-state index < -0.39 is 0 Å². The van der Waals surface area contributed by atoms with Crippen LogP contribution in [0.4, 0.5) is 17.5 Å². The van der Waals surface area contributed by atoms with E-state index in [0.717, 1.165) is 22.9 Å². The topological polar surface area (TPSA) is 67.7 Å². The van der Waals surface area contributed by atoms with E-state index in [-0.39, 0.29) is 0 Å². The maximum Gasteiger partial charge on any atom is 0.213 e. The van der Waals surface area contributed by atoms with Crippen LogP contribution in [0.15, 0.2) is 43.0 Å². The molecule has 115 valence electrons. The Morgan fingerprint density at radius 1 is 1.26 bits per heavy atom. The van der Waals surface area contributed by atoms with Crippen molar-refractivity contribution < 1.29 is 0 Å². The molecule has 2 heterocycles. The second-order valence-corrected chi connectivity index (χ2v) is 5.67. The molecule has 1 aliphatic rings. The van der Waals surface area contributed by atoms with Crippen LogP contribution in [0.3, 0.4) is 0 Å². The van der Waals surface area contributed by atoms with Crippen molar-refractivity contribution in [2.24, 2.45) is 0 Å². The van der Waals surface area contributed by atoms with Crippen LogP contribution in [0.1, 0.15) is 18.4 Å². The van der Waals surface area contributed by atoms with Gasteiger partial charge in [0.2, 0.25) is 5.95 Å². The number of aryl methyl sites for hydroxylation is 1. The Labute approximate surface area is 134 Å². The van der Waals surface area contributed by atoms with Gasteiger partial charge in [-0.25, -0.2) is 15.0 Å². The number of rotatable bonds is 5. The highest BCUT2D eigenvalue weighted by molar-refractivity contribution is 5.59. The molecular weight excluding hydrogens is 288 g/mol. The molecule has 0 unspecified atom stereocenters. The standard InChI is InChI=1S/C17H17N6/c1-12-4-2-3-5-14(12)22-17-18-8-9-23(17)16-10-15(19-11-20-16)21-13-6-7-13/h2,4-5,8-11,13H,6-7H2,1H3,(H,18,22)(H,19,20,21). The van der Waals surface area contributed by atoms with Gasteiger partial charge in [0, 0.05) is 30.2 Å². The molecule has 3 aromatic rings. The number of hydrogen-bond donors (Lipinski definition) is 2. The summed E-state index contributed by atoms with van der Waals surface area (Å²) in [7, 11) is 0. The molecule has 0 amide bonds.